The average Bonchev–Trinajstić information content (AvgIpc) is 2.70. The Hall–Kier alpha value is -1.68. The minimum atomic E-state index is 0.436. The van der Waals surface area contributed by atoms with Gasteiger partial charge in [0.25, 0.3) is 0 Å². The lowest BCUT2D eigenvalue weighted by atomic mass is 10.1. The number of hydrogen-bond acceptors (Lipinski definition) is 4. The van der Waals surface area contributed by atoms with E-state index in [0.717, 1.165) is 10.4 Å². The summed E-state index contributed by atoms with van der Waals surface area (Å²) >= 11 is 1.44. The quantitative estimate of drug-likeness (QED) is 0.580. The van der Waals surface area contributed by atoms with Gasteiger partial charge in [0.2, 0.25) is 0 Å². The highest BCUT2D eigenvalue weighted by Crippen LogP contribution is 2.17. The molecule has 0 aliphatic carbocycles. The molecule has 0 amide bonds. The lowest BCUT2D eigenvalue weighted by Crippen LogP contribution is -2.03. The van der Waals surface area contributed by atoms with Gasteiger partial charge in [-0.05, 0) is 6.07 Å². The van der Waals surface area contributed by atoms with Crippen LogP contribution in [0.1, 0.15) is 10.4 Å². The van der Waals surface area contributed by atoms with Gasteiger partial charge in [0.15, 0.2) is 0 Å². The van der Waals surface area contributed by atoms with Gasteiger partial charge < -0.3 is 5.73 Å². The van der Waals surface area contributed by atoms with Crippen molar-refractivity contribution in [2.24, 2.45) is 0 Å². The normalized spacial score (nSPS) is 10.0. The second-order valence-electron chi connectivity index (χ2n) is 2.83. The first kappa shape index (κ1) is 8.90. The summed E-state index contributed by atoms with van der Waals surface area (Å²) in [6.45, 7) is 0. The molecule has 3 N–H and O–H groups in total. The van der Waals surface area contributed by atoms with Gasteiger partial charge in [0, 0.05) is 17.4 Å². The maximum atomic E-state index is 7.92. The Morgan fingerprint density at radius 3 is 2.79 bits per heavy atom. The van der Waals surface area contributed by atoms with Gasteiger partial charge in [-0.15, -0.1) is 11.3 Å². The molecule has 2 rings (SSSR count). The minimum absolute atomic E-state index is 0.436. The van der Waals surface area contributed by atoms with Gasteiger partial charge in [0.05, 0.1) is 16.1 Å². The Balaban J connectivity index is 2.42. The fraction of sp³-hybridized carbons (Fsp3) is 0. The van der Waals surface area contributed by atoms with Gasteiger partial charge in [-0.25, -0.2) is 0 Å². The standard InChI is InChI=1S/C10H9N3S/c11-8-4-2-1-3-7(8)10(12)9-5-13-6-14-9/h1-6,12H,11H2. The van der Waals surface area contributed by atoms with E-state index < -0.39 is 0 Å². The summed E-state index contributed by atoms with van der Waals surface area (Å²) in [4.78, 5) is 4.77. The number of nitrogens with one attached hydrogen (secondary N) is 1. The Morgan fingerprint density at radius 2 is 2.14 bits per heavy atom. The molecule has 0 saturated heterocycles. The van der Waals surface area contributed by atoms with Crippen LogP contribution in [0.4, 0.5) is 5.69 Å². The second-order valence-corrected chi connectivity index (χ2v) is 3.71. The van der Waals surface area contributed by atoms with Crippen molar-refractivity contribution in [3.63, 3.8) is 0 Å². The number of hydrogen-bond donors (Lipinski definition) is 2. The fourth-order valence-electron chi connectivity index (χ4n) is 1.20. The number of aromatic nitrogens is 1. The van der Waals surface area contributed by atoms with E-state index in [1.165, 1.54) is 11.3 Å². The average molecular weight is 203 g/mol. The van der Waals surface area contributed by atoms with Crippen LogP contribution in [0.5, 0.6) is 0 Å². The predicted octanol–water partition coefficient (Wildman–Crippen LogP) is 2.14. The van der Waals surface area contributed by atoms with Crippen molar-refractivity contribution in [3.8, 4) is 0 Å². The number of nitrogen functional groups attached to an aromatic ring is 1. The molecular formula is C10H9N3S. The third-order valence-electron chi connectivity index (χ3n) is 1.91. The molecule has 4 heteroatoms. The molecule has 0 bridgehead atoms. The topological polar surface area (TPSA) is 62.8 Å². The van der Waals surface area contributed by atoms with Crippen molar-refractivity contribution < 1.29 is 0 Å². The summed E-state index contributed by atoms with van der Waals surface area (Å²) in [7, 11) is 0. The number of thiazole rings is 1. The number of nitrogens with two attached hydrogens (primary N) is 1. The van der Waals surface area contributed by atoms with E-state index in [1.54, 1.807) is 17.8 Å². The summed E-state index contributed by atoms with van der Waals surface area (Å²) in [6, 6.07) is 7.38. The maximum absolute atomic E-state index is 7.92. The van der Waals surface area contributed by atoms with Crippen LogP contribution in [0.25, 0.3) is 0 Å². The Kier molecular flexibility index (Phi) is 2.28. The lowest BCUT2D eigenvalue weighted by molar-refractivity contribution is 1.40. The third kappa shape index (κ3) is 1.52. The van der Waals surface area contributed by atoms with Gasteiger partial charge in [-0.1, -0.05) is 18.2 Å². The van der Waals surface area contributed by atoms with Crippen molar-refractivity contribution in [2.75, 3.05) is 5.73 Å². The molecule has 3 nitrogen and oxygen atoms in total. The SMILES string of the molecule is N=C(c1cncs1)c1ccccc1N. The van der Waals surface area contributed by atoms with Crippen molar-refractivity contribution in [3.05, 3.63) is 46.4 Å². The molecule has 1 aromatic carbocycles. The first-order chi connectivity index (χ1) is 6.79. The van der Waals surface area contributed by atoms with Crippen molar-refractivity contribution in [1.82, 2.24) is 4.98 Å². The van der Waals surface area contributed by atoms with E-state index >= 15 is 0 Å². The van der Waals surface area contributed by atoms with Crippen LogP contribution in [-0.4, -0.2) is 10.7 Å². The molecule has 0 fully saturated rings. The monoisotopic (exact) mass is 203 g/mol. The van der Waals surface area contributed by atoms with Crippen LogP contribution in [0, 0.1) is 5.41 Å². The van der Waals surface area contributed by atoms with E-state index in [2.05, 4.69) is 4.98 Å². The summed E-state index contributed by atoms with van der Waals surface area (Å²) in [5, 5.41) is 7.92. The van der Waals surface area contributed by atoms with Crippen molar-refractivity contribution in [1.29, 1.82) is 5.41 Å². The van der Waals surface area contributed by atoms with Crippen molar-refractivity contribution in [2.45, 2.75) is 0 Å². The second kappa shape index (κ2) is 3.59. The van der Waals surface area contributed by atoms with Gasteiger partial charge in [0.1, 0.15) is 0 Å². The molecule has 0 spiro atoms. The predicted molar refractivity (Wildman–Crippen MR) is 58.9 cm³/mol. The molecule has 0 saturated carbocycles. The fourth-order valence-corrected chi connectivity index (χ4v) is 1.78. The van der Waals surface area contributed by atoms with E-state index in [4.69, 9.17) is 11.1 Å². The zero-order chi connectivity index (χ0) is 9.97. The van der Waals surface area contributed by atoms with Gasteiger partial charge >= 0.3 is 0 Å². The zero-order valence-electron chi connectivity index (χ0n) is 7.40. The number of nitrogens with zero attached hydrogens (tertiary/aromatic N) is 1. The summed E-state index contributed by atoms with van der Waals surface area (Å²) < 4.78 is 0. The molecular weight excluding hydrogens is 194 g/mol. The summed E-state index contributed by atoms with van der Waals surface area (Å²) in [5.74, 6) is 0. The first-order valence-corrected chi connectivity index (χ1v) is 4.99. The highest BCUT2D eigenvalue weighted by atomic mass is 32.1. The molecule has 2 aromatic rings. The number of anilines is 1. The van der Waals surface area contributed by atoms with Crippen LogP contribution >= 0.6 is 11.3 Å². The van der Waals surface area contributed by atoms with E-state index in [1.807, 2.05) is 18.2 Å². The smallest absolute Gasteiger partial charge is 0.0821 e. The number of para-hydroxylation sites is 1. The van der Waals surface area contributed by atoms with Crippen LogP contribution in [0.15, 0.2) is 36.0 Å². The molecule has 0 radical (unpaired) electrons. The summed E-state index contributed by atoms with van der Waals surface area (Å²) in [6.07, 6.45) is 1.68. The van der Waals surface area contributed by atoms with Crippen molar-refractivity contribution >= 4 is 22.7 Å². The molecule has 0 aliphatic heterocycles. The van der Waals surface area contributed by atoms with Crippen LogP contribution in [-0.2, 0) is 0 Å². The molecule has 14 heavy (non-hydrogen) atoms. The molecule has 1 heterocycles. The first-order valence-electron chi connectivity index (χ1n) is 4.11. The molecule has 0 unspecified atom stereocenters. The van der Waals surface area contributed by atoms with Gasteiger partial charge in [-0.2, -0.15) is 0 Å². The van der Waals surface area contributed by atoms with Crippen LogP contribution in [0.3, 0.4) is 0 Å². The summed E-state index contributed by atoms with van der Waals surface area (Å²) in [5.41, 5.74) is 9.31. The Bertz CT molecular complexity index is 448. The molecule has 70 valence electrons. The lowest BCUT2D eigenvalue weighted by Gasteiger charge is -2.03. The highest BCUT2D eigenvalue weighted by Gasteiger charge is 2.08. The van der Waals surface area contributed by atoms with E-state index in [9.17, 15) is 0 Å². The number of rotatable bonds is 2. The number of benzene rings is 1. The molecule has 1 aromatic heterocycles. The van der Waals surface area contributed by atoms with E-state index in [0.29, 0.717) is 11.4 Å². The Morgan fingerprint density at radius 1 is 1.36 bits per heavy atom. The zero-order valence-corrected chi connectivity index (χ0v) is 8.21. The highest BCUT2D eigenvalue weighted by molar-refractivity contribution is 7.12. The van der Waals surface area contributed by atoms with Crippen LogP contribution < -0.4 is 5.73 Å². The van der Waals surface area contributed by atoms with Crippen LogP contribution in [0.2, 0.25) is 0 Å². The maximum Gasteiger partial charge on any atom is 0.0821 e. The Labute approximate surface area is 85.7 Å². The molecule has 0 aliphatic rings. The van der Waals surface area contributed by atoms with E-state index in [-0.39, 0.29) is 0 Å². The third-order valence-corrected chi connectivity index (χ3v) is 2.70. The minimum Gasteiger partial charge on any atom is -0.398 e. The van der Waals surface area contributed by atoms with Gasteiger partial charge in [-0.3, -0.25) is 10.4 Å². The molecule has 0 atom stereocenters. The largest absolute Gasteiger partial charge is 0.398 e.